The van der Waals surface area contributed by atoms with Gasteiger partial charge in [-0.25, -0.2) is 0 Å². The Kier molecular flexibility index (Phi) is 4.96. The Morgan fingerprint density at radius 3 is 2.31 bits per heavy atom. The zero-order valence-corrected chi connectivity index (χ0v) is 14.6. The molecular weight excluding hydrogens is 347 g/mol. The van der Waals surface area contributed by atoms with Crippen molar-refractivity contribution >= 4 is 11.8 Å². The average molecular weight is 369 g/mol. The molecule has 2 amide bonds. The number of nitrogens with one attached hydrogen (secondary N) is 1. The number of likely N-dealkylation sites (tertiary alicyclic amines) is 1. The topological polar surface area (TPSA) is 52.7 Å². The summed E-state index contributed by atoms with van der Waals surface area (Å²) in [5.41, 5.74) is -1.15. The van der Waals surface area contributed by atoms with Gasteiger partial charge >= 0.3 is 6.18 Å². The SMILES string of the molecule is CN1CCCNC(=O)C12CCN(C(=O)c1ccc(C(F)(F)F)cc1)CC2. The zero-order valence-electron chi connectivity index (χ0n) is 14.6. The monoisotopic (exact) mass is 369 g/mol. The third kappa shape index (κ3) is 3.42. The van der Waals surface area contributed by atoms with Crippen LogP contribution in [-0.2, 0) is 11.0 Å². The van der Waals surface area contributed by atoms with Gasteiger partial charge in [-0.3, -0.25) is 14.5 Å². The first-order chi connectivity index (χ1) is 12.2. The molecule has 1 spiro atoms. The molecule has 0 bridgehead atoms. The van der Waals surface area contributed by atoms with E-state index in [0.29, 0.717) is 32.5 Å². The molecule has 0 saturated carbocycles. The second kappa shape index (κ2) is 6.90. The summed E-state index contributed by atoms with van der Waals surface area (Å²) in [6, 6.07) is 4.26. The number of carbonyl (C=O) groups excluding carboxylic acids is 2. The van der Waals surface area contributed by atoms with Crippen molar-refractivity contribution in [3.8, 4) is 0 Å². The summed E-state index contributed by atoms with van der Waals surface area (Å²) in [6.45, 7) is 2.26. The molecule has 2 aliphatic heterocycles. The second-order valence-electron chi connectivity index (χ2n) is 6.93. The normalized spacial score (nSPS) is 21.4. The van der Waals surface area contributed by atoms with Crippen LogP contribution < -0.4 is 5.32 Å². The third-order valence-corrected chi connectivity index (χ3v) is 5.45. The molecule has 0 aliphatic carbocycles. The number of hydrogen-bond donors (Lipinski definition) is 1. The zero-order chi connectivity index (χ0) is 18.9. The van der Waals surface area contributed by atoms with E-state index in [0.717, 1.165) is 25.1 Å². The van der Waals surface area contributed by atoms with Crippen molar-refractivity contribution in [2.75, 3.05) is 33.2 Å². The van der Waals surface area contributed by atoms with Gasteiger partial charge < -0.3 is 10.2 Å². The maximum absolute atomic E-state index is 12.6. The van der Waals surface area contributed by atoms with E-state index >= 15 is 0 Å². The van der Waals surface area contributed by atoms with E-state index in [1.807, 2.05) is 7.05 Å². The number of alkyl halides is 3. The minimum Gasteiger partial charge on any atom is -0.354 e. The summed E-state index contributed by atoms with van der Waals surface area (Å²) in [7, 11) is 1.93. The van der Waals surface area contributed by atoms with Crippen LogP contribution in [0.1, 0.15) is 35.2 Å². The van der Waals surface area contributed by atoms with Crippen molar-refractivity contribution in [1.29, 1.82) is 0 Å². The highest BCUT2D eigenvalue weighted by Crippen LogP contribution is 2.32. The molecule has 26 heavy (non-hydrogen) atoms. The van der Waals surface area contributed by atoms with Crippen molar-refractivity contribution in [3.05, 3.63) is 35.4 Å². The quantitative estimate of drug-likeness (QED) is 0.825. The lowest BCUT2D eigenvalue weighted by Gasteiger charge is -2.44. The number of hydrogen-bond acceptors (Lipinski definition) is 3. The molecule has 2 saturated heterocycles. The number of nitrogens with zero attached hydrogens (tertiary/aromatic N) is 2. The average Bonchev–Trinajstić information content (AvgIpc) is 2.75. The summed E-state index contributed by atoms with van der Waals surface area (Å²) in [5.74, 6) is -0.301. The van der Waals surface area contributed by atoms with E-state index < -0.39 is 17.3 Å². The van der Waals surface area contributed by atoms with Crippen molar-refractivity contribution in [2.24, 2.45) is 0 Å². The lowest BCUT2D eigenvalue weighted by atomic mass is 9.85. The molecule has 0 unspecified atom stereocenters. The Morgan fingerprint density at radius 1 is 1.12 bits per heavy atom. The van der Waals surface area contributed by atoms with Crippen LogP contribution in [0.25, 0.3) is 0 Å². The van der Waals surface area contributed by atoms with Crippen LogP contribution in [0.15, 0.2) is 24.3 Å². The summed E-state index contributed by atoms with van der Waals surface area (Å²) < 4.78 is 37.9. The molecule has 2 fully saturated rings. The highest BCUT2D eigenvalue weighted by atomic mass is 19.4. The van der Waals surface area contributed by atoms with Crippen molar-refractivity contribution < 1.29 is 22.8 Å². The van der Waals surface area contributed by atoms with E-state index in [4.69, 9.17) is 0 Å². The van der Waals surface area contributed by atoms with E-state index in [1.54, 1.807) is 4.90 Å². The Labute approximate surface area is 150 Å². The highest BCUT2D eigenvalue weighted by Gasteiger charge is 2.46. The van der Waals surface area contributed by atoms with Gasteiger partial charge in [-0.05, 0) is 50.6 Å². The van der Waals surface area contributed by atoms with Crippen LogP contribution in [-0.4, -0.2) is 60.4 Å². The minimum atomic E-state index is -4.42. The largest absolute Gasteiger partial charge is 0.416 e. The predicted octanol–water partition coefficient (Wildman–Crippen LogP) is 2.13. The van der Waals surface area contributed by atoms with Gasteiger partial charge in [0.2, 0.25) is 5.91 Å². The molecular formula is C18H22F3N3O2. The number of rotatable bonds is 1. The fourth-order valence-corrected chi connectivity index (χ4v) is 3.74. The molecule has 0 aromatic heterocycles. The Hall–Kier alpha value is -2.09. The van der Waals surface area contributed by atoms with Gasteiger partial charge in [0.25, 0.3) is 5.91 Å². The summed E-state index contributed by atoms with van der Waals surface area (Å²) >= 11 is 0. The molecule has 0 radical (unpaired) electrons. The molecule has 1 aromatic rings. The van der Waals surface area contributed by atoms with Gasteiger partial charge in [0, 0.05) is 31.7 Å². The first-order valence-corrected chi connectivity index (χ1v) is 8.70. The van der Waals surface area contributed by atoms with Gasteiger partial charge in [-0.2, -0.15) is 13.2 Å². The molecule has 1 aromatic carbocycles. The van der Waals surface area contributed by atoms with E-state index in [2.05, 4.69) is 10.2 Å². The van der Waals surface area contributed by atoms with Crippen LogP contribution in [0.2, 0.25) is 0 Å². The lowest BCUT2D eigenvalue weighted by molar-refractivity contribution is -0.137. The highest BCUT2D eigenvalue weighted by molar-refractivity contribution is 5.95. The fraction of sp³-hybridized carbons (Fsp3) is 0.556. The van der Waals surface area contributed by atoms with Crippen molar-refractivity contribution in [2.45, 2.75) is 31.0 Å². The smallest absolute Gasteiger partial charge is 0.354 e. The Balaban J connectivity index is 1.69. The standard InChI is InChI=1S/C18H22F3N3O2/c1-23-10-2-9-22-16(26)17(23)7-11-24(12-8-17)15(25)13-3-5-14(6-4-13)18(19,20)21/h3-6H,2,7-12H2,1H3,(H,22,26). The number of piperidine rings is 1. The van der Waals surface area contributed by atoms with Crippen LogP contribution in [0, 0.1) is 0 Å². The number of amides is 2. The van der Waals surface area contributed by atoms with Gasteiger partial charge in [0.1, 0.15) is 5.54 Å². The number of benzene rings is 1. The van der Waals surface area contributed by atoms with E-state index in [9.17, 15) is 22.8 Å². The van der Waals surface area contributed by atoms with Gasteiger partial charge in [-0.1, -0.05) is 0 Å². The molecule has 2 heterocycles. The summed E-state index contributed by atoms with van der Waals surface area (Å²) in [4.78, 5) is 28.8. The predicted molar refractivity (Wildman–Crippen MR) is 89.6 cm³/mol. The van der Waals surface area contributed by atoms with E-state index in [1.165, 1.54) is 12.1 Å². The van der Waals surface area contributed by atoms with Crippen molar-refractivity contribution in [3.63, 3.8) is 0 Å². The Morgan fingerprint density at radius 2 is 1.73 bits per heavy atom. The van der Waals surface area contributed by atoms with Gasteiger partial charge in [-0.15, -0.1) is 0 Å². The number of carbonyl (C=O) groups is 2. The van der Waals surface area contributed by atoms with Crippen LogP contribution in [0.3, 0.4) is 0 Å². The minimum absolute atomic E-state index is 0.000806. The summed E-state index contributed by atoms with van der Waals surface area (Å²) in [6.07, 6.45) is -2.50. The van der Waals surface area contributed by atoms with Gasteiger partial charge in [0.15, 0.2) is 0 Å². The second-order valence-corrected chi connectivity index (χ2v) is 6.93. The van der Waals surface area contributed by atoms with E-state index in [-0.39, 0.29) is 17.4 Å². The molecule has 1 N–H and O–H groups in total. The third-order valence-electron chi connectivity index (χ3n) is 5.45. The fourth-order valence-electron chi connectivity index (χ4n) is 3.74. The molecule has 5 nitrogen and oxygen atoms in total. The molecule has 0 atom stereocenters. The lowest BCUT2D eigenvalue weighted by Crippen LogP contribution is -2.61. The molecule has 3 rings (SSSR count). The van der Waals surface area contributed by atoms with Crippen LogP contribution in [0.5, 0.6) is 0 Å². The summed E-state index contributed by atoms with van der Waals surface area (Å²) in [5, 5.41) is 2.94. The Bertz CT molecular complexity index is 680. The van der Waals surface area contributed by atoms with Crippen molar-refractivity contribution in [1.82, 2.24) is 15.1 Å². The number of likely N-dealkylation sites (N-methyl/N-ethyl adjacent to an activating group) is 1. The van der Waals surface area contributed by atoms with Gasteiger partial charge in [0.05, 0.1) is 5.56 Å². The number of halogens is 3. The maximum Gasteiger partial charge on any atom is 0.416 e. The first-order valence-electron chi connectivity index (χ1n) is 8.70. The van der Waals surface area contributed by atoms with Crippen LogP contribution in [0.4, 0.5) is 13.2 Å². The van der Waals surface area contributed by atoms with Crippen LogP contribution >= 0.6 is 0 Å². The maximum atomic E-state index is 12.6. The molecule has 2 aliphatic rings. The molecule has 8 heteroatoms. The first kappa shape index (κ1) is 18.7. The molecule has 142 valence electrons.